The van der Waals surface area contributed by atoms with Crippen molar-refractivity contribution in [2.45, 2.75) is 51.7 Å². The zero-order valence-electron chi connectivity index (χ0n) is 10.6. The van der Waals surface area contributed by atoms with Crippen LogP contribution < -0.4 is 5.32 Å². The molecule has 1 fully saturated rings. The molecule has 17 heavy (non-hydrogen) atoms. The molecule has 0 aromatic heterocycles. The molecule has 6 heteroatoms. The summed E-state index contributed by atoms with van der Waals surface area (Å²) in [6, 6.07) is 0.209. The van der Waals surface area contributed by atoms with Crippen molar-refractivity contribution >= 4 is 6.09 Å². The normalized spacial score (nSPS) is 23.2. The molecule has 1 rings (SSSR count). The Kier molecular flexibility index (Phi) is 4.63. The first kappa shape index (κ1) is 13.6. The quantitative estimate of drug-likeness (QED) is 0.465. The number of azide groups is 1. The minimum absolute atomic E-state index is 0.209. The number of alkyl carbamates (subject to hydrolysis) is 1. The van der Waals surface area contributed by atoms with Gasteiger partial charge in [-0.15, -0.1) is 0 Å². The summed E-state index contributed by atoms with van der Waals surface area (Å²) < 4.78 is 5.16. The summed E-state index contributed by atoms with van der Waals surface area (Å²) >= 11 is 0. The zero-order valence-corrected chi connectivity index (χ0v) is 10.6. The molecule has 1 N–H and O–H groups in total. The molecule has 96 valence electrons. The van der Waals surface area contributed by atoms with Crippen LogP contribution in [-0.2, 0) is 4.74 Å². The summed E-state index contributed by atoms with van der Waals surface area (Å²) in [5.74, 6) is 0.556. The first-order valence-corrected chi connectivity index (χ1v) is 5.91. The molecule has 6 nitrogen and oxygen atoms in total. The maximum Gasteiger partial charge on any atom is 0.407 e. The molecule has 0 aromatic carbocycles. The third kappa shape index (κ3) is 5.45. The Morgan fingerprint density at radius 2 is 2.18 bits per heavy atom. The van der Waals surface area contributed by atoms with E-state index < -0.39 is 5.60 Å². The molecule has 0 aliphatic heterocycles. The van der Waals surface area contributed by atoms with Gasteiger partial charge in [0.25, 0.3) is 0 Å². The van der Waals surface area contributed by atoms with Gasteiger partial charge in [-0.3, -0.25) is 0 Å². The molecule has 0 radical (unpaired) electrons. The van der Waals surface area contributed by atoms with Gasteiger partial charge in [-0.05, 0) is 51.5 Å². The van der Waals surface area contributed by atoms with Gasteiger partial charge in [0.05, 0.1) is 0 Å². The second kappa shape index (κ2) is 5.77. The van der Waals surface area contributed by atoms with Crippen LogP contribution in [0.3, 0.4) is 0 Å². The van der Waals surface area contributed by atoms with Crippen molar-refractivity contribution in [1.82, 2.24) is 5.32 Å². The monoisotopic (exact) mass is 240 g/mol. The third-order valence-electron chi connectivity index (χ3n) is 2.66. The van der Waals surface area contributed by atoms with Gasteiger partial charge in [0, 0.05) is 17.5 Å². The maximum absolute atomic E-state index is 11.4. The molecule has 0 unspecified atom stereocenters. The van der Waals surface area contributed by atoms with Gasteiger partial charge < -0.3 is 10.1 Å². The van der Waals surface area contributed by atoms with Crippen LogP contribution in [0.5, 0.6) is 0 Å². The predicted octanol–water partition coefficient (Wildman–Crippen LogP) is 2.99. The van der Waals surface area contributed by atoms with E-state index in [-0.39, 0.29) is 12.1 Å². The number of nitrogens with one attached hydrogen (secondary N) is 1. The van der Waals surface area contributed by atoms with Crippen LogP contribution in [0.15, 0.2) is 5.11 Å². The highest BCUT2D eigenvalue weighted by atomic mass is 16.6. The van der Waals surface area contributed by atoms with E-state index in [2.05, 4.69) is 15.3 Å². The average molecular weight is 240 g/mol. The van der Waals surface area contributed by atoms with Crippen molar-refractivity contribution < 1.29 is 9.53 Å². The van der Waals surface area contributed by atoms with Gasteiger partial charge in [0.1, 0.15) is 5.60 Å². The van der Waals surface area contributed by atoms with Crippen molar-refractivity contribution in [2.24, 2.45) is 11.0 Å². The van der Waals surface area contributed by atoms with E-state index in [0.717, 1.165) is 19.3 Å². The fourth-order valence-electron chi connectivity index (χ4n) is 1.85. The van der Waals surface area contributed by atoms with E-state index in [1.165, 1.54) is 0 Å². The SMILES string of the molecule is CC(C)(C)OC(=O)NC1CC(CCN=[N+]=[N-])C1. The van der Waals surface area contributed by atoms with Crippen molar-refractivity contribution in [3.05, 3.63) is 10.4 Å². The summed E-state index contributed by atoms with van der Waals surface area (Å²) in [5, 5.41) is 6.33. The predicted molar refractivity (Wildman–Crippen MR) is 64.5 cm³/mol. The molecule has 0 atom stereocenters. The molecule has 1 saturated carbocycles. The Balaban J connectivity index is 2.12. The second-order valence-corrected chi connectivity index (χ2v) is 5.42. The highest BCUT2D eigenvalue weighted by Gasteiger charge is 2.30. The summed E-state index contributed by atoms with van der Waals surface area (Å²) in [6.07, 6.45) is 2.44. The fraction of sp³-hybridized carbons (Fsp3) is 0.909. The van der Waals surface area contributed by atoms with E-state index in [9.17, 15) is 4.79 Å². The summed E-state index contributed by atoms with van der Waals surface area (Å²) in [5.41, 5.74) is 7.68. The maximum atomic E-state index is 11.4. The fourth-order valence-corrected chi connectivity index (χ4v) is 1.85. The average Bonchev–Trinajstić information content (AvgIpc) is 2.10. The number of rotatable bonds is 4. The van der Waals surface area contributed by atoms with Crippen molar-refractivity contribution in [2.75, 3.05) is 6.54 Å². The molecule has 1 aliphatic rings. The highest BCUT2D eigenvalue weighted by Crippen LogP contribution is 2.30. The molecule has 1 amide bonds. The number of amides is 1. The van der Waals surface area contributed by atoms with Gasteiger partial charge in [0.15, 0.2) is 0 Å². The van der Waals surface area contributed by atoms with Crippen LogP contribution in [0.25, 0.3) is 10.4 Å². The lowest BCUT2D eigenvalue weighted by atomic mass is 9.78. The first-order chi connectivity index (χ1) is 7.90. The van der Waals surface area contributed by atoms with Gasteiger partial charge in [0.2, 0.25) is 0 Å². The number of carbonyl (C=O) groups is 1. The number of ether oxygens (including phenoxy) is 1. The largest absolute Gasteiger partial charge is 0.444 e. The lowest BCUT2D eigenvalue weighted by Gasteiger charge is -2.36. The molecular formula is C11H20N4O2. The summed E-state index contributed by atoms with van der Waals surface area (Å²) in [6.45, 7) is 6.07. The van der Waals surface area contributed by atoms with Gasteiger partial charge >= 0.3 is 6.09 Å². The van der Waals surface area contributed by atoms with Crippen LogP contribution in [0.1, 0.15) is 40.0 Å². The van der Waals surface area contributed by atoms with Gasteiger partial charge in [-0.1, -0.05) is 5.11 Å². The van der Waals surface area contributed by atoms with E-state index in [4.69, 9.17) is 10.3 Å². The van der Waals surface area contributed by atoms with Crippen molar-refractivity contribution in [3.63, 3.8) is 0 Å². The lowest BCUT2D eigenvalue weighted by Crippen LogP contribution is -2.46. The zero-order chi connectivity index (χ0) is 12.9. The molecule has 0 aromatic rings. The minimum atomic E-state index is -0.450. The Labute approximate surface area is 101 Å². The molecule has 1 aliphatic carbocycles. The second-order valence-electron chi connectivity index (χ2n) is 5.42. The Bertz CT molecular complexity index is 312. The van der Waals surface area contributed by atoms with E-state index in [1.807, 2.05) is 20.8 Å². The van der Waals surface area contributed by atoms with E-state index in [1.54, 1.807) is 0 Å². The minimum Gasteiger partial charge on any atom is -0.444 e. The number of hydrogen-bond acceptors (Lipinski definition) is 3. The Morgan fingerprint density at radius 3 is 2.71 bits per heavy atom. The molecular weight excluding hydrogens is 220 g/mol. The van der Waals surface area contributed by atoms with Crippen LogP contribution in [0.2, 0.25) is 0 Å². The molecule has 0 spiro atoms. The van der Waals surface area contributed by atoms with Crippen molar-refractivity contribution in [1.29, 1.82) is 0 Å². The summed E-state index contributed by atoms with van der Waals surface area (Å²) in [4.78, 5) is 14.1. The van der Waals surface area contributed by atoms with Crippen molar-refractivity contribution in [3.8, 4) is 0 Å². The standard InChI is InChI=1S/C11H20N4O2/c1-11(2,3)17-10(16)14-9-6-8(7-9)4-5-13-15-12/h8-9H,4-7H2,1-3H3,(H,14,16). The first-order valence-electron chi connectivity index (χ1n) is 5.91. The van der Waals surface area contributed by atoms with E-state index >= 15 is 0 Å². The molecule has 0 saturated heterocycles. The Hall–Kier alpha value is -1.42. The lowest BCUT2D eigenvalue weighted by molar-refractivity contribution is 0.0450. The van der Waals surface area contributed by atoms with Crippen LogP contribution in [-0.4, -0.2) is 24.3 Å². The molecule has 0 bridgehead atoms. The Morgan fingerprint density at radius 1 is 1.53 bits per heavy atom. The van der Waals surface area contributed by atoms with Gasteiger partial charge in [-0.25, -0.2) is 4.79 Å². The summed E-state index contributed by atoms with van der Waals surface area (Å²) in [7, 11) is 0. The molecule has 0 heterocycles. The third-order valence-corrected chi connectivity index (χ3v) is 2.66. The topological polar surface area (TPSA) is 87.1 Å². The van der Waals surface area contributed by atoms with Crippen LogP contribution >= 0.6 is 0 Å². The van der Waals surface area contributed by atoms with Crippen LogP contribution in [0.4, 0.5) is 4.79 Å². The van der Waals surface area contributed by atoms with Gasteiger partial charge in [-0.2, -0.15) is 0 Å². The highest BCUT2D eigenvalue weighted by molar-refractivity contribution is 5.68. The number of carbonyl (C=O) groups excluding carboxylic acids is 1. The van der Waals surface area contributed by atoms with Crippen LogP contribution in [0, 0.1) is 5.92 Å². The number of hydrogen-bond donors (Lipinski definition) is 1. The van der Waals surface area contributed by atoms with E-state index in [0.29, 0.717) is 12.5 Å². The number of nitrogens with zero attached hydrogens (tertiary/aromatic N) is 3. The smallest absolute Gasteiger partial charge is 0.407 e.